The van der Waals surface area contributed by atoms with Gasteiger partial charge in [-0.25, -0.2) is 0 Å². The van der Waals surface area contributed by atoms with Crippen molar-refractivity contribution in [2.24, 2.45) is 0 Å². The lowest BCUT2D eigenvalue weighted by atomic mass is 9.99. The third kappa shape index (κ3) is 10.6. The molecule has 0 saturated carbocycles. The number of carbonyl (C=O) groups excluding carboxylic acids is 4. The van der Waals surface area contributed by atoms with E-state index in [4.69, 9.17) is 14.2 Å². The Labute approximate surface area is 420 Å². The number of rotatable bonds is 18. The van der Waals surface area contributed by atoms with Gasteiger partial charge in [0.15, 0.2) is 11.5 Å². The lowest BCUT2D eigenvalue weighted by Crippen LogP contribution is -2.41. The topological polar surface area (TPSA) is 118 Å². The summed E-state index contributed by atoms with van der Waals surface area (Å²) in [4.78, 5) is 60.0. The number of methoxy groups -OCH3 is 1. The SMILES string of the molecule is CCC(=O)CCC(C)SSC(C)(C)CCC(=O)Nc1cc(COc2cc3c(cc2C)C(=O)N2c4ccccc4C[C@H]2CN3C)cc(COc2cc3c(cc2OC)C(=O)N2c4ccccc4C[C@H]2CC3)c1. The molecule has 0 fully saturated rings. The molecule has 0 saturated heterocycles. The molecule has 4 aliphatic rings. The number of nitrogens with one attached hydrogen (secondary N) is 1. The number of ketones is 1. The van der Waals surface area contributed by atoms with Crippen molar-refractivity contribution in [3.63, 3.8) is 0 Å². The van der Waals surface area contributed by atoms with Gasteiger partial charge in [-0.05, 0) is 141 Å². The number of fused-ring (bicyclic) bond motifs is 8. The van der Waals surface area contributed by atoms with Gasteiger partial charge in [0.05, 0.1) is 24.4 Å². The average Bonchev–Trinajstić information content (AvgIpc) is 3.85. The second-order valence-corrected chi connectivity index (χ2v) is 23.2. The highest BCUT2D eigenvalue weighted by molar-refractivity contribution is 8.77. The second kappa shape index (κ2) is 20.8. The number of Topliss-reactive ketones (excluding diaryl/α,β-unsaturated/α-hetero) is 1. The number of aryl methyl sites for hydroxylation is 2. The molecule has 0 bridgehead atoms. The maximum atomic E-state index is 14.2. The number of likely N-dealkylation sites (N-methyl/N-ethyl adjacent to an activating group) is 1. The molecule has 0 radical (unpaired) electrons. The van der Waals surface area contributed by atoms with Gasteiger partial charge in [-0.15, -0.1) is 0 Å². The molecule has 11 nitrogen and oxygen atoms in total. The Morgan fingerprint density at radius 2 is 1.41 bits per heavy atom. The molecule has 366 valence electrons. The van der Waals surface area contributed by atoms with Crippen LogP contribution in [0.3, 0.4) is 0 Å². The van der Waals surface area contributed by atoms with E-state index in [1.807, 2.05) is 110 Å². The molecule has 9 rings (SSSR count). The first-order valence-corrected chi connectivity index (χ1v) is 26.8. The monoisotopic (exact) mass is 980 g/mol. The Balaban J connectivity index is 0.933. The zero-order valence-electron chi connectivity index (χ0n) is 41.4. The van der Waals surface area contributed by atoms with E-state index in [-0.39, 0.29) is 47.8 Å². The molecule has 4 aliphatic heterocycles. The molecule has 3 atom stereocenters. The summed E-state index contributed by atoms with van der Waals surface area (Å²) in [5.41, 5.74) is 10.5. The molecule has 1 unspecified atom stereocenters. The minimum Gasteiger partial charge on any atom is -0.493 e. The summed E-state index contributed by atoms with van der Waals surface area (Å²) in [6, 6.07) is 30.0. The molecule has 13 heteroatoms. The van der Waals surface area contributed by atoms with Gasteiger partial charge >= 0.3 is 0 Å². The summed E-state index contributed by atoms with van der Waals surface area (Å²) < 4.78 is 18.9. The van der Waals surface area contributed by atoms with Crippen LogP contribution in [0.2, 0.25) is 0 Å². The summed E-state index contributed by atoms with van der Waals surface area (Å²) >= 11 is 0. The molecular weight excluding hydrogens is 917 g/mol. The Hall–Kier alpha value is -5.92. The molecule has 0 spiro atoms. The van der Waals surface area contributed by atoms with Crippen molar-refractivity contribution in [1.29, 1.82) is 0 Å². The standard InChI is InChI=1S/C57H64N4O7S2/c1-8-45(62)20-17-36(3)69-70-57(4,5)22-21-54(63)58-42-25-37(33-67-51-31-50-47(23-35(51)2)56(65)61-44(32-59(50)6)28-41-14-10-12-16-49(41)61)24-38(26-42)34-68-53-29-39-18-19-43-27-40-13-9-11-15-48(40)60(43)55(64)46(39)30-52(53)66-7/h9-16,23-26,29-31,36,43-44H,8,17-22,27-28,32-34H2,1-7H3,(H,58,63)/t36?,43-,44+/m1/s1. The van der Waals surface area contributed by atoms with Crippen LogP contribution in [-0.4, -0.2) is 66.3 Å². The number of para-hydroxylation sites is 2. The van der Waals surface area contributed by atoms with Gasteiger partial charge in [-0.2, -0.15) is 0 Å². The smallest absolute Gasteiger partial charge is 0.260 e. The van der Waals surface area contributed by atoms with E-state index in [1.165, 1.54) is 11.1 Å². The van der Waals surface area contributed by atoms with Crippen LogP contribution in [0, 0.1) is 6.92 Å². The fourth-order valence-electron chi connectivity index (χ4n) is 10.2. The first kappa shape index (κ1) is 49.1. The van der Waals surface area contributed by atoms with Crippen molar-refractivity contribution in [1.82, 2.24) is 0 Å². The van der Waals surface area contributed by atoms with Gasteiger partial charge in [0.25, 0.3) is 11.8 Å². The highest BCUT2D eigenvalue weighted by Gasteiger charge is 2.40. The number of amides is 3. The van der Waals surface area contributed by atoms with Crippen molar-refractivity contribution in [2.45, 2.75) is 128 Å². The van der Waals surface area contributed by atoms with E-state index in [9.17, 15) is 19.2 Å². The number of carbonyl (C=O) groups is 4. The Morgan fingerprint density at radius 1 is 0.771 bits per heavy atom. The first-order chi connectivity index (χ1) is 33.7. The fourth-order valence-corrected chi connectivity index (χ4v) is 12.9. The van der Waals surface area contributed by atoms with Crippen molar-refractivity contribution in [3.05, 3.63) is 136 Å². The van der Waals surface area contributed by atoms with E-state index in [2.05, 4.69) is 43.1 Å². The van der Waals surface area contributed by atoms with E-state index in [0.717, 1.165) is 71.4 Å². The largest absolute Gasteiger partial charge is 0.493 e. The maximum Gasteiger partial charge on any atom is 0.260 e. The molecule has 0 aliphatic carbocycles. The lowest BCUT2D eigenvalue weighted by Gasteiger charge is -2.25. The van der Waals surface area contributed by atoms with E-state index in [0.29, 0.717) is 77.3 Å². The number of ether oxygens (including phenoxy) is 3. The van der Waals surface area contributed by atoms with Crippen LogP contribution in [0.25, 0.3) is 0 Å². The summed E-state index contributed by atoms with van der Waals surface area (Å²) in [5.74, 6) is 1.85. The lowest BCUT2D eigenvalue weighted by molar-refractivity contribution is -0.119. The summed E-state index contributed by atoms with van der Waals surface area (Å²) in [6.45, 7) is 11.4. The molecular formula is C57H64N4O7S2. The van der Waals surface area contributed by atoms with Gasteiger partial charge in [-0.1, -0.05) is 71.8 Å². The van der Waals surface area contributed by atoms with Gasteiger partial charge in [0.2, 0.25) is 5.91 Å². The summed E-state index contributed by atoms with van der Waals surface area (Å²) in [5, 5.41) is 3.51. The van der Waals surface area contributed by atoms with Gasteiger partial charge in [-0.3, -0.25) is 19.2 Å². The molecule has 0 aromatic heterocycles. The number of nitrogens with zero attached hydrogens (tertiary/aromatic N) is 3. The second-order valence-electron chi connectivity index (χ2n) is 19.9. The highest BCUT2D eigenvalue weighted by atomic mass is 33.1. The predicted molar refractivity (Wildman–Crippen MR) is 283 cm³/mol. The summed E-state index contributed by atoms with van der Waals surface area (Å²) in [6.07, 6.45) is 6.23. The minimum absolute atomic E-state index is 0.00347. The normalized spacial score (nSPS) is 17.3. The van der Waals surface area contributed by atoms with E-state index < -0.39 is 0 Å². The van der Waals surface area contributed by atoms with Gasteiger partial charge in [0, 0.05) is 77.6 Å². The van der Waals surface area contributed by atoms with E-state index >= 15 is 0 Å². The predicted octanol–water partition coefficient (Wildman–Crippen LogP) is 11.7. The zero-order valence-corrected chi connectivity index (χ0v) is 43.0. The number of anilines is 4. The van der Waals surface area contributed by atoms with Gasteiger partial charge < -0.3 is 34.2 Å². The van der Waals surface area contributed by atoms with Crippen molar-refractivity contribution >= 4 is 67.8 Å². The zero-order chi connectivity index (χ0) is 49.3. The molecule has 5 aromatic carbocycles. The Kier molecular flexibility index (Phi) is 14.6. The number of benzene rings is 5. The first-order valence-electron chi connectivity index (χ1n) is 24.6. The van der Waals surface area contributed by atoms with Crippen LogP contribution >= 0.6 is 21.6 Å². The molecule has 5 aromatic rings. The van der Waals surface area contributed by atoms with Crippen LogP contribution in [0.15, 0.2) is 91.0 Å². The van der Waals surface area contributed by atoms with Gasteiger partial charge in [0.1, 0.15) is 24.7 Å². The van der Waals surface area contributed by atoms with E-state index in [1.54, 1.807) is 28.7 Å². The molecule has 1 N–H and O–H groups in total. The molecule has 3 amide bonds. The average molecular weight is 981 g/mol. The van der Waals surface area contributed by atoms with Crippen molar-refractivity contribution in [3.8, 4) is 17.2 Å². The molecule has 70 heavy (non-hydrogen) atoms. The van der Waals surface area contributed by atoms with Crippen LogP contribution in [0.4, 0.5) is 22.7 Å². The Bertz CT molecular complexity index is 2830. The van der Waals surface area contributed by atoms with Crippen LogP contribution in [0.5, 0.6) is 17.2 Å². The van der Waals surface area contributed by atoms with Crippen LogP contribution < -0.4 is 34.2 Å². The quantitative estimate of drug-likeness (QED) is 0.0851. The summed E-state index contributed by atoms with van der Waals surface area (Å²) in [7, 11) is 7.18. The third-order valence-electron chi connectivity index (χ3n) is 14.1. The fraction of sp³-hybridized carbons (Fsp3) is 0.404. The third-order valence-corrected chi connectivity index (χ3v) is 18.1. The number of hydrogen-bond acceptors (Lipinski definition) is 10. The highest BCUT2D eigenvalue weighted by Crippen LogP contribution is 2.44. The minimum atomic E-state index is -0.164. The van der Waals surface area contributed by atoms with Crippen molar-refractivity contribution in [2.75, 3.05) is 40.7 Å². The maximum absolute atomic E-state index is 14.2. The van der Waals surface area contributed by atoms with Crippen LogP contribution in [0.1, 0.15) is 120 Å². The molecule has 4 heterocycles. The Morgan fingerprint density at radius 3 is 2.10 bits per heavy atom. The number of hydrogen-bond donors (Lipinski definition) is 1. The van der Waals surface area contributed by atoms with Crippen LogP contribution in [-0.2, 0) is 42.1 Å². The van der Waals surface area contributed by atoms with Crippen molar-refractivity contribution < 1.29 is 33.4 Å².